The maximum absolute atomic E-state index is 13.0. The predicted molar refractivity (Wildman–Crippen MR) is 99.1 cm³/mol. The summed E-state index contributed by atoms with van der Waals surface area (Å²) in [4.78, 5) is 19.1. The zero-order valence-electron chi connectivity index (χ0n) is 15.3. The number of hydrogen-bond donors (Lipinski definition) is 0. The summed E-state index contributed by atoms with van der Waals surface area (Å²) in [6.45, 7) is 0.742. The van der Waals surface area contributed by atoms with Crippen LogP contribution in [0.25, 0.3) is 0 Å². The van der Waals surface area contributed by atoms with Crippen molar-refractivity contribution in [1.29, 1.82) is 0 Å². The molecule has 0 bridgehead atoms. The highest BCUT2D eigenvalue weighted by molar-refractivity contribution is 5.94. The minimum Gasteiger partial charge on any atom is -0.484 e. The lowest BCUT2D eigenvalue weighted by molar-refractivity contribution is 0.0597. The standard InChI is InChI=1S/C21H20FN3O3/c22-16-9-11-17(12-10-16)27-14-19-23-20(24-28-19)18-8-4-5-13-25(18)21(26)15-6-2-1-3-7-15/h1-3,6-7,9-12,18H,4-5,8,13-14H2. The first-order valence-electron chi connectivity index (χ1n) is 9.27. The van der Waals surface area contributed by atoms with Gasteiger partial charge in [0.1, 0.15) is 11.6 Å². The summed E-state index contributed by atoms with van der Waals surface area (Å²) in [5.41, 5.74) is 0.651. The van der Waals surface area contributed by atoms with Crippen LogP contribution in [0, 0.1) is 5.82 Å². The number of aromatic nitrogens is 2. The molecule has 144 valence electrons. The van der Waals surface area contributed by atoms with E-state index in [-0.39, 0.29) is 24.4 Å². The molecule has 2 heterocycles. The number of hydrogen-bond acceptors (Lipinski definition) is 5. The van der Waals surface area contributed by atoms with Gasteiger partial charge in [-0.05, 0) is 55.7 Å². The van der Waals surface area contributed by atoms with E-state index in [1.807, 2.05) is 35.2 Å². The summed E-state index contributed by atoms with van der Waals surface area (Å²) in [5, 5.41) is 4.07. The van der Waals surface area contributed by atoms with E-state index >= 15 is 0 Å². The fraction of sp³-hybridized carbons (Fsp3) is 0.286. The van der Waals surface area contributed by atoms with Crippen LogP contribution in [0.2, 0.25) is 0 Å². The molecule has 1 atom stereocenters. The van der Waals surface area contributed by atoms with Crippen LogP contribution < -0.4 is 4.74 Å². The first-order valence-corrected chi connectivity index (χ1v) is 9.27. The first-order chi connectivity index (χ1) is 13.7. The summed E-state index contributed by atoms with van der Waals surface area (Å²) in [6.07, 6.45) is 2.74. The maximum atomic E-state index is 13.0. The molecule has 1 saturated heterocycles. The van der Waals surface area contributed by atoms with Crippen molar-refractivity contribution in [2.24, 2.45) is 0 Å². The zero-order valence-corrected chi connectivity index (χ0v) is 15.3. The number of benzene rings is 2. The number of nitrogens with zero attached hydrogens (tertiary/aromatic N) is 3. The SMILES string of the molecule is O=C(c1ccccc1)N1CCCCC1c1noc(COc2ccc(F)cc2)n1. The summed E-state index contributed by atoms with van der Waals surface area (Å²) in [6, 6.07) is 14.7. The highest BCUT2D eigenvalue weighted by Crippen LogP contribution is 2.30. The number of rotatable bonds is 5. The largest absolute Gasteiger partial charge is 0.484 e. The van der Waals surface area contributed by atoms with Crippen LogP contribution in [0.1, 0.15) is 47.4 Å². The minimum atomic E-state index is -0.326. The Kier molecular flexibility index (Phi) is 5.32. The molecule has 1 amide bonds. The molecule has 2 aromatic carbocycles. The van der Waals surface area contributed by atoms with Crippen molar-refractivity contribution < 1.29 is 18.4 Å². The van der Waals surface area contributed by atoms with E-state index in [1.165, 1.54) is 24.3 Å². The number of piperidine rings is 1. The molecule has 1 aliphatic rings. The Bertz CT molecular complexity index is 928. The number of carbonyl (C=O) groups excluding carboxylic acids is 1. The van der Waals surface area contributed by atoms with Crippen LogP contribution in [0.4, 0.5) is 4.39 Å². The van der Waals surface area contributed by atoms with Gasteiger partial charge in [0.15, 0.2) is 12.4 Å². The van der Waals surface area contributed by atoms with Gasteiger partial charge in [-0.3, -0.25) is 4.79 Å². The van der Waals surface area contributed by atoms with Gasteiger partial charge in [0.2, 0.25) is 0 Å². The molecule has 7 heteroatoms. The molecule has 0 spiro atoms. The van der Waals surface area contributed by atoms with Gasteiger partial charge in [0.25, 0.3) is 11.8 Å². The van der Waals surface area contributed by atoms with Crippen molar-refractivity contribution in [1.82, 2.24) is 15.0 Å². The van der Waals surface area contributed by atoms with Crippen molar-refractivity contribution in [3.05, 3.63) is 77.7 Å². The van der Waals surface area contributed by atoms with E-state index in [2.05, 4.69) is 10.1 Å². The van der Waals surface area contributed by atoms with Crippen molar-refractivity contribution in [2.75, 3.05) is 6.54 Å². The topological polar surface area (TPSA) is 68.5 Å². The lowest BCUT2D eigenvalue weighted by atomic mass is 10.00. The van der Waals surface area contributed by atoms with Crippen LogP contribution in [-0.4, -0.2) is 27.5 Å². The van der Waals surface area contributed by atoms with Gasteiger partial charge in [-0.15, -0.1) is 0 Å². The molecule has 3 aromatic rings. The molecule has 0 saturated carbocycles. The Morgan fingerprint density at radius 3 is 2.71 bits per heavy atom. The van der Waals surface area contributed by atoms with Crippen LogP contribution in [0.3, 0.4) is 0 Å². The van der Waals surface area contributed by atoms with Gasteiger partial charge in [0.05, 0.1) is 6.04 Å². The van der Waals surface area contributed by atoms with E-state index in [0.29, 0.717) is 29.6 Å². The predicted octanol–water partition coefficient (Wildman–Crippen LogP) is 4.16. The third kappa shape index (κ3) is 4.03. The molecule has 0 aliphatic carbocycles. The van der Waals surface area contributed by atoms with Crippen LogP contribution in [0.15, 0.2) is 59.1 Å². The molecular weight excluding hydrogens is 361 g/mol. The van der Waals surface area contributed by atoms with E-state index in [4.69, 9.17) is 9.26 Å². The second-order valence-corrected chi connectivity index (χ2v) is 6.67. The van der Waals surface area contributed by atoms with Crippen LogP contribution in [0.5, 0.6) is 5.75 Å². The second-order valence-electron chi connectivity index (χ2n) is 6.67. The minimum absolute atomic E-state index is 0.0285. The molecule has 4 rings (SSSR count). The summed E-state index contributed by atoms with van der Waals surface area (Å²) in [5.74, 6) is 0.963. The molecule has 1 unspecified atom stereocenters. The van der Waals surface area contributed by atoms with Gasteiger partial charge >= 0.3 is 0 Å². The summed E-state index contributed by atoms with van der Waals surface area (Å²) < 4.78 is 23.8. The van der Waals surface area contributed by atoms with Gasteiger partial charge < -0.3 is 14.2 Å². The maximum Gasteiger partial charge on any atom is 0.264 e. The molecule has 1 fully saturated rings. The highest BCUT2D eigenvalue weighted by Gasteiger charge is 2.32. The quantitative estimate of drug-likeness (QED) is 0.664. The lowest BCUT2D eigenvalue weighted by Gasteiger charge is -2.33. The fourth-order valence-electron chi connectivity index (χ4n) is 3.33. The van der Waals surface area contributed by atoms with Gasteiger partial charge in [-0.2, -0.15) is 4.98 Å². The van der Waals surface area contributed by atoms with Crippen molar-refractivity contribution in [3.8, 4) is 5.75 Å². The summed E-state index contributed by atoms with van der Waals surface area (Å²) in [7, 11) is 0. The third-order valence-corrected chi connectivity index (χ3v) is 4.74. The number of halogens is 1. The van der Waals surface area contributed by atoms with Crippen molar-refractivity contribution >= 4 is 5.91 Å². The lowest BCUT2D eigenvalue weighted by Crippen LogP contribution is -2.39. The first kappa shape index (κ1) is 18.2. The van der Waals surface area contributed by atoms with Crippen LogP contribution >= 0.6 is 0 Å². The number of amides is 1. The molecule has 0 N–H and O–H groups in total. The van der Waals surface area contributed by atoms with Gasteiger partial charge in [0, 0.05) is 12.1 Å². The molecule has 28 heavy (non-hydrogen) atoms. The Balaban J connectivity index is 1.46. The van der Waals surface area contributed by atoms with E-state index in [9.17, 15) is 9.18 Å². The Hall–Kier alpha value is -3.22. The molecular formula is C21H20FN3O3. The van der Waals surface area contributed by atoms with Crippen molar-refractivity contribution in [3.63, 3.8) is 0 Å². The fourth-order valence-corrected chi connectivity index (χ4v) is 3.33. The van der Waals surface area contributed by atoms with Crippen molar-refractivity contribution in [2.45, 2.75) is 31.9 Å². The molecule has 1 aromatic heterocycles. The smallest absolute Gasteiger partial charge is 0.264 e. The second kappa shape index (κ2) is 8.21. The number of ether oxygens (including phenoxy) is 1. The average molecular weight is 381 g/mol. The third-order valence-electron chi connectivity index (χ3n) is 4.74. The Morgan fingerprint density at radius 1 is 1.14 bits per heavy atom. The van der Waals surface area contributed by atoms with Crippen LogP contribution in [-0.2, 0) is 6.61 Å². The molecule has 6 nitrogen and oxygen atoms in total. The van der Waals surface area contributed by atoms with Gasteiger partial charge in [-0.1, -0.05) is 23.4 Å². The monoisotopic (exact) mass is 381 g/mol. The highest BCUT2D eigenvalue weighted by atomic mass is 19.1. The zero-order chi connectivity index (χ0) is 19.3. The van der Waals surface area contributed by atoms with E-state index in [1.54, 1.807) is 0 Å². The number of likely N-dealkylation sites (tertiary alicyclic amines) is 1. The summed E-state index contributed by atoms with van der Waals surface area (Å²) >= 11 is 0. The number of carbonyl (C=O) groups is 1. The molecule has 0 radical (unpaired) electrons. The normalized spacial score (nSPS) is 16.8. The van der Waals surface area contributed by atoms with E-state index in [0.717, 1.165) is 19.3 Å². The Labute approximate surface area is 161 Å². The van der Waals surface area contributed by atoms with E-state index < -0.39 is 0 Å². The molecule has 1 aliphatic heterocycles. The van der Waals surface area contributed by atoms with Gasteiger partial charge in [-0.25, -0.2) is 4.39 Å². The Morgan fingerprint density at radius 2 is 1.93 bits per heavy atom. The average Bonchev–Trinajstić information content (AvgIpc) is 3.22.